The van der Waals surface area contributed by atoms with Gasteiger partial charge in [0.25, 0.3) is 0 Å². The number of carbonyl (C=O) groups is 3. The summed E-state index contributed by atoms with van der Waals surface area (Å²) in [4.78, 5) is 38.5. The van der Waals surface area contributed by atoms with Crippen molar-refractivity contribution in [3.8, 4) is 0 Å². The summed E-state index contributed by atoms with van der Waals surface area (Å²) in [5.74, 6) is -0.844. The Balaban J connectivity index is 4.32. The SMILES string of the molecule is CCCCCCC/C=C\C/C=C\CCCCCCCCCCCCCC(=O)OCC(COC(=O)CCCCCCCCCCCCCCCCCCCC)OC(=O)CCCCCCCCCCCCC/C=C\C/C=C\CCCCCCC. The van der Waals surface area contributed by atoms with Crippen molar-refractivity contribution in [2.75, 3.05) is 13.2 Å². The van der Waals surface area contributed by atoms with E-state index in [1.165, 1.54) is 289 Å². The molecular formula is C76H140O6. The van der Waals surface area contributed by atoms with Crippen LogP contribution in [0, 0.1) is 0 Å². The Morgan fingerprint density at radius 2 is 0.439 bits per heavy atom. The third kappa shape index (κ3) is 68.2. The predicted molar refractivity (Wildman–Crippen MR) is 358 cm³/mol. The highest BCUT2D eigenvalue weighted by atomic mass is 16.6. The van der Waals surface area contributed by atoms with Gasteiger partial charge in [-0.05, 0) is 83.5 Å². The predicted octanol–water partition coefficient (Wildman–Crippen LogP) is 25.3. The van der Waals surface area contributed by atoms with Gasteiger partial charge in [-0.1, -0.05) is 345 Å². The number of hydrogen-bond acceptors (Lipinski definition) is 6. The van der Waals surface area contributed by atoms with E-state index in [1.807, 2.05) is 0 Å². The average Bonchev–Trinajstić information content (AvgIpc) is 3.47. The van der Waals surface area contributed by atoms with Gasteiger partial charge in [0.2, 0.25) is 0 Å². The number of allylic oxidation sites excluding steroid dienone is 8. The molecule has 6 nitrogen and oxygen atoms in total. The Hall–Kier alpha value is -2.63. The van der Waals surface area contributed by atoms with Crippen LogP contribution in [0.15, 0.2) is 48.6 Å². The van der Waals surface area contributed by atoms with Gasteiger partial charge in [-0.25, -0.2) is 0 Å². The Kier molecular flexibility index (Phi) is 68.6. The smallest absolute Gasteiger partial charge is 0.306 e. The first kappa shape index (κ1) is 79.4. The van der Waals surface area contributed by atoms with Crippen molar-refractivity contribution < 1.29 is 28.6 Å². The van der Waals surface area contributed by atoms with Crippen LogP contribution in [0.2, 0.25) is 0 Å². The van der Waals surface area contributed by atoms with Crippen molar-refractivity contribution in [2.45, 2.75) is 406 Å². The zero-order valence-electron chi connectivity index (χ0n) is 55.3. The van der Waals surface area contributed by atoms with Gasteiger partial charge in [-0.15, -0.1) is 0 Å². The van der Waals surface area contributed by atoms with E-state index in [4.69, 9.17) is 14.2 Å². The van der Waals surface area contributed by atoms with Crippen molar-refractivity contribution in [1.82, 2.24) is 0 Å². The van der Waals surface area contributed by atoms with Crippen LogP contribution in [0.1, 0.15) is 400 Å². The zero-order chi connectivity index (χ0) is 59.2. The zero-order valence-corrected chi connectivity index (χ0v) is 55.3. The molecule has 0 saturated heterocycles. The average molecular weight is 1150 g/mol. The lowest BCUT2D eigenvalue weighted by molar-refractivity contribution is -0.167. The Bertz CT molecular complexity index is 1410. The molecule has 0 aliphatic rings. The number of rotatable bonds is 68. The summed E-state index contributed by atoms with van der Waals surface area (Å²) in [7, 11) is 0. The molecule has 0 aliphatic heterocycles. The van der Waals surface area contributed by atoms with E-state index in [-0.39, 0.29) is 31.1 Å². The maximum absolute atomic E-state index is 13.0. The quantitative estimate of drug-likeness (QED) is 0.0261. The first-order chi connectivity index (χ1) is 40.5. The van der Waals surface area contributed by atoms with Crippen LogP contribution in [-0.4, -0.2) is 37.2 Å². The summed E-state index contributed by atoms with van der Waals surface area (Å²) >= 11 is 0. The van der Waals surface area contributed by atoms with E-state index < -0.39 is 6.10 Å². The number of unbranched alkanes of at least 4 members (excludes halogenated alkanes) is 49. The van der Waals surface area contributed by atoms with E-state index in [9.17, 15) is 14.4 Å². The van der Waals surface area contributed by atoms with Crippen molar-refractivity contribution in [3.63, 3.8) is 0 Å². The Morgan fingerprint density at radius 1 is 0.244 bits per heavy atom. The van der Waals surface area contributed by atoms with Gasteiger partial charge in [-0.3, -0.25) is 14.4 Å². The maximum atomic E-state index is 13.0. The molecule has 0 aromatic rings. The summed E-state index contributed by atoms with van der Waals surface area (Å²) in [6, 6.07) is 0. The first-order valence-electron chi connectivity index (χ1n) is 36.6. The summed E-state index contributed by atoms with van der Waals surface area (Å²) in [6.07, 6.45) is 89.9. The van der Waals surface area contributed by atoms with E-state index in [0.717, 1.165) is 70.6 Å². The standard InChI is InChI=1S/C76H140O6/c1-4-7-10-13-16-19-22-25-28-31-34-36-38-40-42-45-48-51-54-57-60-63-66-69-75(78)81-72-73(71-80-74(77)68-65-62-59-56-53-50-47-44-33-30-27-24-21-18-15-12-9-6-3)82-76(79)70-67-64-61-58-55-52-49-46-43-41-39-37-35-32-29-26-23-20-17-14-11-8-5-2/h22-23,25-26,31-32,34-35,73H,4-21,24,27-30,33,36-72H2,1-3H3/b25-22-,26-23-,34-31-,35-32-. The molecule has 0 spiro atoms. The first-order valence-corrected chi connectivity index (χ1v) is 36.6. The summed E-state index contributed by atoms with van der Waals surface area (Å²) in [5.41, 5.74) is 0. The van der Waals surface area contributed by atoms with Crippen LogP contribution in [-0.2, 0) is 28.6 Å². The van der Waals surface area contributed by atoms with Crippen LogP contribution in [0.5, 0.6) is 0 Å². The van der Waals surface area contributed by atoms with Crippen molar-refractivity contribution >= 4 is 17.9 Å². The molecule has 6 heteroatoms. The lowest BCUT2D eigenvalue weighted by Crippen LogP contribution is -2.30. The normalized spacial score (nSPS) is 12.3. The molecule has 0 fully saturated rings. The van der Waals surface area contributed by atoms with Crippen LogP contribution >= 0.6 is 0 Å². The fraction of sp³-hybridized carbons (Fsp3) is 0.855. The Labute approximate surface area is 511 Å². The van der Waals surface area contributed by atoms with Crippen LogP contribution < -0.4 is 0 Å². The molecule has 0 aromatic heterocycles. The highest BCUT2D eigenvalue weighted by Gasteiger charge is 2.19. The van der Waals surface area contributed by atoms with Gasteiger partial charge in [0.15, 0.2) is 6.10 Å². The summed E-state index contributed by atoms with van der Waals surface area (Å²) in [5, 5.41) is 0. The second kappa shape index (κ2) is 70.9. The minimum Gasteiger partial charge on any atom is -0.462 e. The largest absolute Gasteiger partial charge is 0.462 e. The molecule has 0 radical (unpaired) electrons. The van der Waals surface area contributed by atoms with E-state index in [2.05, 4.69) is 69.4 Å². The molecule has 0 aliphatic carbocycles. The van der Waals surface area contributed by atoms with E-state index in [1.54, 1.807) is 0 Å². The van der Waals surface area contributed by atoms with Gasteiger partial charge < -0.3 is 14.2 Å². The highest BCUT2D eigenvalue weighted by Crippen LogP contribution is 2.18. The van der Waals surface area contributed by atoms with Gasteiger partial charge >= 0.3 is 17.9 Å². The van der Waals surface area contributed by atoms with Crippen molar-refractivity contribution in [2.24, 2.45) is 0 Å². The lowest BCUT2D eigenvalue weighted by atomic mass is 10.0. The number of hydrogen-bond donors (Lipinski definition) is 0. The van der Waals surface area contributed by atoms with Gasteiger partial charge in [0.1, 0.15) is 13.2 Å². The second-order valence-corrected chi connectivity index (χ2v) is 24.9. The Morgan fingerprint density at radius 3 is 0.671 bits per heavy atom. The minimum atomic E-state index is -0.775. The van der Waals surface area contributed by atoms with Crippen molar-refractivity contribution in [3.05, 3.63) is 48.6 Å². The molecular weight excluding hydrogens is 1010 g/mol. The second-order valence-electron chi connectivity index (χ2n) is 24.9. The molecule has 0 heterocycles. The molecule has 1 unspecified atom stereocenters. The molecule has 82 heavy (non-hydrogen) atoms. The fourth-order valence-corrected chi connectivity index (χ4v) is 11.0. The molecule has 0 amide bonds. The lowest BCUT2D eigenvalue weighted by Gasteiger charge is -2.18. The van der Waals surface area contributed by atoms with Crippen LogP contribution in [0.3, 0.4) is 0 Å². The molecule has 0 aromatic carbocycles. The number of carbonyl (C=O) groups excluding carboxylic acids is 3. The summed E-state index contributed by atoms with van der Waals surface area (Å²) in [6.45, 7) is 6.70. The third-order valence-electron chi connectivity index (χ3n) is 16.6. The highest BCUT2D eigenvalue weighted by molar-refractivity contribution is 5.71. The number of esters is 3. The van der Waals surface area contributed by atoms with E-state index in [0.29, 0.717) is 19.3 Å². The molecule has 0 rings (SSSR count). The third-order valence-corrected chi connectivity index (χ3v) is 16.6. The van der Waals surface area contributed by atoms with Crippen LogP contribution in [0.25, 0.3) is 0 Å². The van der Waals surface area contributed by atoms with Gasteiger partial charge in [0.05, 0.1) is 0 Å². The molecule has 1 atom stereocenters. The van der Waals surface area contributed by atoms with Crippen LogP contribution in [0.4, 0.5) is 0 Å². The number of ether oxygens (including phenoxy) is 3. The van der Waals surface area contributed by atoms with Gasteiger partial charge in [-0.2, -0.15) is 0 Å². The topological polar surface area (TPSA) is 78.9 Å². The molecule has 0 saturated carbocycles. The maximum Gasteiger partial charge on any atom is 0.306 e. The molecule has 0 N–H and O–H groups in total. The van der Waals surface area contributed by atoms with Gasteiger partial charge in [0, 0.05) is 19.3 Å². The fourth-order valence-electron chi connectivity index (χ4n) is 11.0. The summed E-state index contributed by atoms with van der Waals surface area (Å²) < 4.78 is 17.0. The minimum absolute atomic E-state index is 0.0695. The molecule has 0 bridgehead atoms. The monoisotopic (exact) mass is 1150 g/mol. The van der Waals surface area contributed by atoms with Crippen molar-refractivity contribution in [1.29, 1.82) is 0 Å². The molecule has 480 valence electrons. The van der Waals surface area contributed by atoms with E-state index >= 15 is 0 Å².